The Bertz CT molecular complexity index is 1010. The Morgan fingerprint density at radius 3 is 2.32 bits per heavy atom. The van der Waals surface area contributed by atoms with E-state index in [-0.39, 0.29) is 48.5 Å². The van der Waals surface area contributed by atoms with Gasteiger partial charge in [-0.1, -0.05) is 6.92 Å². The first-order chi connectivity index (χ1) is 14.2. The first-order valence-electron chi connectivity index (χ1n) is 9.72. The summed E-state index contributed by atoms with van der Waals surface area (Å²) >= 11 is 0. The molecule has 1 amide bonds. The number of hydrogen-bond acceptors (Lipinski definition) is 7. The summed E-state index contributed by atoms with van der Waals surface area (Å²) in [6, 6.07) is 3.89. The lowest BCUT2D eigenvalue weighted by atomic mass is 10.0. The van der Waals surface area contributed by atoms with Crippen molar-refractivity contribution in [2.75, 3.05) is 51.1 Å². The molecule has 1 aromatic carbocycles. The third-order valence-corrected chi connectivity index (χ3v) is 7.08. The molecule has 0 saturated heterocycles. The molecule has 1 heterocycles. The van der Waals surface area contributed by atoms with E-state index < -0.39 is 32.2 Å². The summed E-state index contributed by atoms with van der Waals surface area (Å²) < 4.78 is 63.1. The minimum atomic E-state index is -3.54. The molecule has 0 fully saturated rings. The number of hydrogen-bond donors (Lipinski definition) is 1. The SMILES string of the molecule is CO[C@@H]1CN(C)C(=O)c2cc(NS(C)(=O)=O)ccc2OC[C@H](C)N(S(C)(=O)=O)C[C@@H]1C. The second-order valence-electron chi connectivity index (χ2n) is 8.01. The Balaban J connectivity index is 2.52. The predicted molar refractivity (Wildman–Crippen MR) is 118 cm³/mol. The van der Waals surface area contributed by atoms with Crippen LogP contribution < -0.4 is 9.46 Å². The number of sulfonamides is 2. The van der Waals surface area contributed by atoms with Crippen LogP contribution in [0, 0.1) is 5.92 Å². The quantitative estimate of drug-likeness (QED) is 0.681. The van der Waals surface area contributed by atoms with Gasteiger partial charge in [-0.05, 0) is 31.0 Å². The summed E-state index contributed by atoms with van der Waals surface area (Å²) in [5.74, 6) is -0.331. The molecule has 0 bridgehead atoms. The number of benzene rings is 1. The van der Waals surface area contributed by atoms with Crippen molar-refractivity contribution in [3.63, 3.8) is 0 Å². The zero-order valence-corrected chi connectivity index (χ0v) is 20.3. The maximum Gasteiger partial charge on any atom is 0.257 e. The number of carbonyl (C=O) groups excluding carboxylic acids is 1. The molecule has 0 aliphatic carbocycles. The standard InChI is InChI=1S/C19H31N3O7S2/c1-13-10-22(31(6,26)27)14(2)12-29-17-8-7-15(20-30(5,24)25)9-16(17)19(23)21(3)11-18(13)28-4/h7-9,13-14,18,20H,10-12H2,1-6H3/t13-,14-,18+/m0/s1. The third kappa shape index (κ3) is 6.79. The second kappa shape index (κ2) is 9.72. The molecule has 2 rings (SSSR count). The number of fused-ring (bicyclic) bond motifs is 1. The van der Waals surface area contributed by atoms with Crippen molar-refractivity contribution in [2.24, 2.45) is 5.92 Å². The molecular formula is C19H31N3O7S2. The van der Waals surface area contributed by atoms with E-state index in [1.54, 1.807) is 14.0 Å². The van der Waals surface area contributed by atoms with E-state index in [9.17, 15) is 21.6 Å². The van der Waals surface area contributed by atoms with Crippen LogP contribution in [0.1, 0.15) is 24.2 Å². The zero-order valence-electron chi connectivity index (χ0n) is 18.7. The highest BCUT2D eigenvalue weighted by Crippen LogP contribution is 2.27. The predicted octanol–water partition coefficient (Wildman–Crippen LogP) is 0.824. The van der Waals surface area contributed by atoms with Crippen LogP contribution in [0.5, 0.6) is 5.75 Å². The smallest absolute Gasteiger partial charge is 0.257 e. The molecule has 0 saturated carbocycles. The number of methoxy groups -OCH3 is 1. The van der Waals surface area contributed by atoms with Gasteiger partial charge in [-0.15, -0.1) is 0 Å². The number of ether oxygens (including phenoxy) is 2. The van der Waals surface area contributed by atoms with Gasteiger partial charge in [-0.2, -0.15) is 4.31 Å². The lowest BCUT2D eigenvalue weighted by molar-refractivity contribution is 0.0213. The summed E-state index contributed by atoms with van der Waals surface area (Å²) in [6.45, 7) is 4.04. The lowest BCUT2D eigenvalue weighted by Gasteiger charge is -2.34. The minimum Gasteiger partial charge on any atom is -0.491 e. The van der Waals surface area contributed by atoms with Crippen LogP contribution in [-0.2, 0) is 24.8 Å². The van der Waals surface area contributed by atoms with E-state index in [0.717, 1.165) is 12.5 Å². The molecule has 1 aliphatic rings. The average molecular weight is 478 g/mol. The number of nitrogens with zero attached hydrogens (tertiary/aromatic N) is 2. The van der Waals surface area contributed by atoms with Crippen LogP contribution in [-0.4, -0.2) is 90.5 Å². The molecule has 31 heavy (non-hydrogen) atoms. The van der Waals surface area contributed by atoms with Gasteiger partial charge in [0.25, 0.3) is 5.91 Å². The summed E-state index contributed by atoms with van der Waals surface area (Å²) in [4.78, 5) is 14.6. The third-order valence-electron chi connectivity index (χ3n) is 5.12. The number of carbonyl (C=O) groups is 1. The maximum atomic E-state index is 13.2. The van der Waals surface area contributed by atoms with Gasteiger partial charge >= 0.3 is 0 Å². The van der Waals surface area contributed by atoms with E-state index in [1.807, 2.05) is 6.92 Å². The molecular weight excluding hydrogens is 446 g/mol. The van der Waals surface area contributed by atoms with E-state index in [1.165, 1.54) is 34.5 Å². The van der Waals surface area contributed by atoms with Gasteiger partial charge in [-0.25, -0.2) is 16.8 Å². The van der Waals surface area contributed by atoms with Crippen molar-refractivity contribution in [3.8, 4) is 5.75 Å². The van der Waals surface area contributed by atoms with Crippen molar-refractivity contribution in [1.29, 1.82) is 0 Å². The van der Waals surface area contributed by atoms with Crippen LogP contribution in [0.2, 0.25) is 0 Å². The van der Waals surface area contributed by atoms with Gasteiger partial charge in [0.1, 0.15) is 12.4 Å². The molecule has 0 aromatic heterocycles. The van der Waals surface area contributed by atoms with Crippen LogP contribution in [0.25, 0.3) is 0 Å². The van der Waals surface area contributed by atoms with E-state index in [2.05, 4.69) is 4.72 Å². The Hall–Kier alpha value is -1.89. The highest BCUT2D eigenvalue weighted by Gasteiger charge is 2.32. The molecule has 12 heteroatoms. The maximum absolute atomic E-state index is 13.2. The molecule has 1 aromatic rings. The van der Waals surface area contributed by atoms with Crippen LogP contribution in [0.15, 0.2) is 18.2 Å². The molecule has 176 valence electrons. The van der Waals surface area contributed by atoms with Crippen molar-refractivity contribution < 1.29 is 31.1 Å². The summed E-state index contributed by atoms with van der Waals surface area (Å²) in [5.41, 5.74) is 0.387. The van der Waals surface area contributed by atoms with E-state index in [0.29, 0.717) is 0 Å². The average Bonchev–Trinajstić information content (AvgIpc) is 2.65. The fourth-order valence-corrected chi connectivity index (χ4v) is 5.26. The molecule has 1 aliphatic heterocycles. The number of rotatable bonds is 4. The van der Waals surface area contributed by atoms with Crippen LogP contribution in [0.3, 0.4) is 0 Å². The van der Waals surface area contributed by atoms with Gasteiger partial charge < -0.3 is 14.4 Å². The molecule has 10 nitrogen and oxygen atoms in total. The van der Waals surface area contributed by atoms with Crippen molar-refractivity contribution in [1.82, 2.24) is 9.21 Å². The van der Waals surface area contributed by atoms with Crippen LogP contribution in [0.4, 0.5) is 5.69 Å². The van der Waals surface area contributed by atoms with Gasteiger partial charge in [0, 0.05) is 32.9 Å². The highest BCUT2D eigenvalue weighted by atomic mass is 32.2. The zero-order chi connectivity index (χ0) is 23.6. The van der Waals surface area contributed by atoms with Gasteiger partial charge in [0.05, 0.1) is 30.2 Å². The Morgan fingerprint density at radius 1 is 1.13 bits per heavy atom. The highest BCUT2D eigenvalue weighted by molar-refractivity contribution is 7.92. The van der Waals surface area contributed by atoms with E-state index in [4.69, 9.17) is 9.47 Å². The summed E-state index contributed by atoms with van der Waals surface area (Å²) in [7, 11) is -3.93. The largest absolute Gasteiger partial charge is 0.491 e. The molecule has 3 atom stereocenters. The Morgan fingerprint density at radius 2 is 1.77 bits per heavy atom. The van der Waals surface area contributed by atoms with Crippen molar-refractivity contribution in [3.05, 3.63) is 23.8 Å². The topological polar surface area (TPSA) is 122 Å². The fraction of sp³-hybridized carbons (Fsp3) is 0.632. The second-order valence-corrected chi connectivity index (χ2v) is 11.7. The number of amides is 1. The molecule has 0 radical (unpaired) electrons. The summed E-state index contributed by atoms with van der Waals surface area (Å²) in [6.07, 6.45) is 1.76. The van der Waals surface area contributed by atoms with Crippen molar-refractivity contribution >= 4 is 31.6 Å². The van der Waals surface area contributed by atoms with Gasteiger partial charge in [-0.3, -0.25) is 9.52 Å². The first-order valence-corrected chi connectivity index (χ1v) is 13.5. The van der Waals surface area contributed by atoms with E-state index >= 15 is 0 Å². The Kier molecular flexibility index (Phi) is 7.95. The van der Waals surface area contributed by atoms with Crippen LogP contribution >= 0.6 is 0 Å². The monoisotopic (exact) mass is 477 g/mol. The van der Waals surface area contributed by atoms with Crippen molar-refractivity contribution in [2.45, 2.75) is 26.0 Å². The number of likely N-dealkylation sites (N-methyl/N-ethyl adjacent to an activating group) is 1. The molecule has 1 N–H and O–H groups in total. The molecule has 0 spiro atoms. The number of nitrogens with one attached hydrogen (secondary N) is 1. The van der Waals surface area contributed by atoms with Gasteiger partial charge in [0.2, 0.25) is 20.0 Å². The lowest BCUT2D eigenvalue weighted by Crippen LogP contribution is -2.48. The normalized spacial score (nSPS) is 24.5. The van der Waals surface area contributed by atoms with Gasteiger partial charge in [0.15, 0.2) is 0 Å². The first kappa shape index (κ1) is 25.4. The minimum absolute atomic E-state index is 0.0142. The summed E-state index contributed by atoms with van der Waals surface area (Å²) in [5, 5.41) is 0. The number of anilines is 1. The molecule has 0 unspecified atom stereocenters. The Labute approximate surface area is 184 Å². The fourth-order valence-electron chi connectivity index (χ4n) is 3.48.